The molecule has 0 aromatic carbocycles. The maximum atomic E-state index is 12.1. The largest absolute Gasteiger partial charge is 0.357 e. The first-order valence-electron chi connectivity index (χ1n) is 8.31. The van der Waals surface area contributed by atoms with Crippen LogP contribution in [0.5, 0.6) is 0 Å². The summed E-state index contributed by atoms with van der Waals surface area (Å²) in [5, 5.41) is 2.76. The van der Waals surface area contributed by atoms with E-state index in [0.29, 0.717) is 6.54 Å². The van der Waals surface area contributed by atoms with E-state index < -0.39 is 0 Å². The van der Waals surface area contributed by atoms with Gasteiger partial charge in [-0.15, -0.1) is 0 Å². The molecule has 3 heterocycles. The molecule has 2 N–H and O–H groups in total. The first kappa shape index (κ1) is 16.2. The summed E-state index contributed by atoms with van der Waals surface area (Å²) in [5.41, 5.74) is 1.39. The number of aryl methyl sites for hydroxylation is 1. The number of hydrogen-bond acceptors (Lipinski definition) is 4. The molecule has 2 aromatic heterocycles. The SMILES string of the molecule is Cc1ccc(C(=O)NCc2ccc(N3CCCCC3)nc2)c(=O)[nH]1. The predicted octanol–water partition coefficient (Wildman–Crippen LogP) is 2.00. The van der Waals surface area contributed by atoms with Crippen molar-refractivity contribution in [2.75, 3.05) is 18.0 Å². The van der Waals surface area contributed by atoms with Crippen LogP contribution >= 0.6 is 0 Å². The van der Waals surface area contributed by atoms with Crippen LogP contribution in [-0.4, -0.2) is 29.0 Å². The summed E-state index contributed by atoms with van der Waals surface area (Å²) < 4.78 is 0. The molecule has 0 spiro atoms. The molecule has 24 heavy (non-hydrogen) atoms. The number of piperidine rings is 1. The molecule has 1 saturated heterocycles. The fourth-order valence-electron chi connectivity index (χ4n) is 2.86. The molecular weight excluding hydrogens is 304 g/mol. The van der Waals surface area contributed by atoms with Crippen molar-refractivity contribution in [3.8, 4) is 0 Å². The summed E-state index contributed by atoms with van der Waals surface area (Å²) in [7, 11) is 0. The number of pyridine rings is 2. The van der Waals surface area contributed by atoms with E-state index in [1.165, 1.54) is 19.3 Å². The van der Waals surface area contributed by atoms with E-state index in [1.807, 2.05) is 12.1 Å². The van der Waals surface area contributed by atoms with Crippen molar-refractivity contribution in [2.45, 2.75) is 32.7 Å². The lowest BCUT2D eigenvalue weighted by Gasteiger charge is -2.27. The van der Waals surface area contributed by atoms with E-state index >= 15 is 0 Å². The van der Waals surface area contributed by atoms with Gasteiger partial charge in [0.05, 0.1) is 0 Å². The van der Waals surface area contributed by atoms with Gasteiger partial charge in [0, 0.05) is 31.5 Å². The molecular formula is C18H22N4O2. The number of nitrogens with zero attached hydrogens (tertiary/aromatic N) is 2. The highest BCUT2D eigenvalue weighted by Gasteiger charge is 2.12. The van der Waals surface area contributed by atoms with Gasteiger partial charge < -0.3 is 15.2 Å². The molecule has 6 nitrogen and oxygen atoms in total. The lowest BCUT2D eigenvalue weighted by atomic mass is 10.1. The van der Waals surface area contributed by atoms with Gasteiger partial charge in [0.15, 0.2) is 0 Å². The van der Waals surface area contributed by atoms with Gasteiger partial charge in [-0.1, -0.05) is 6.07 Å². The summed E-state index contributed by atoms with van der Waals surface area (Å²) in [6, 6.07) is 7.22. The van der Waals surface area contributed by atoms with Crippen LogP contribution in [0.3, 0.4) is 0 Å². The first-order chi connectivity index (χ1) is 11.6. The highest BCUT2D eigenvalue weighted by molar-refractivity contribution is 5.93. The van der Waals surface area contributed by atoms with Crippen LogP contribution in [0.1, 0.15) is 40.9 Å². The van der Waals surface area contributed by atoms with Crippen molar-refractivity contribution < 1.29 is 4.79 Å². The molecule has 3 rings (SSSR count). The van der Waals surface area contributed by atoms with Gasteiger partial charge in [0.1, 0.15) is 11.4 Å². The minimum atomic E-state index is -0.378. The minimum Gasteiger partial charge on any atom is -0.357 e. The molecule has 6 heteroatoms. The van der Waals surface area contributed by atoms with E-state index in [4.69, 9.17) is 0 Å². The van der Waals surface area contributed by atoms with Crippen LogP contribution in [0.15, 0.2) is 35.3 Å². The van der Waals surface area contributed by atoms with Gasteiger partial charge >= 0.3 is 0 Å². The van der Waals surface area contributed by atoms with Crippen LogP contribution in [-0.2, 0) is 6.54 Å². The Balaban J connectivity index is 1.60. The number of amides is 1. The zero-order chi connectivity index (χ0) is 16.9. The van der Waals surface area contributed by atoms with Gasteiger partial charge in [0.25, 0.3) is 11.5 Å². The Labute approximate surface area is 140 Å². The summed E-state index contributed by atoms with van der Waals surface area (Å²) in [6.07, 6.45) is 5.50. The molecule has 0 radical (unpaired) electrons. The molecule has 0 atom stereocenters. The highest BCUT2D eigenvalue weighted by Crippen LogP contribution is 2.17. The van der Waals surface area contributed by atoms with Crippen molar-refractivity contribution in [1.82, 2.24) is 15.3 Å². The lowest BCUT2D eigenvalue weighted by molar-refractivity contribution is 0.0949. The van der Waals surface area contributed by atoms with Gasteiger partial charge in [-0.25, -0.2) is 4.98 Å². The number of anilines is 1. The van der Waals surface area contributed by atoms with Gasteiger partial charge in [-0.2, -0.15) is 0 Å². The third-order valence-corrected chi connectivity index (χ3v) is 4.24. The average molecular weight is 326 g/mol. The summed E-state index contributed by atoms with van der Waals surface area (Å²) in [5.74, 6) is 0.608. The van der Waals surface area contributed by atoms with Crippen LogP contribution in [0.25, 0.3) is 0 Å². The molecule has 126 valence electrons. The Morgan fingerprint density at radius 3 is 2.67 bits per heavy atom. The van der Waals surface area contributed by atoms with Gasteiger partial charge in [0.2, 0.25) is 0 Å². The Hall–Kier alpha value is -2.63. The zero-order valence-electron chi connectivity index (χ0n) is 13.8. The van der Waals surface area contributed by atoms with E-state index in [0.717, 1.165) is 30.2 Å². The Morgan fingerprint density at radius 1 is 1.21 bits per heavy atom. The molecule has 1 fully saturated rings. The molecule has 0 bridgehead atoms. The minimum absolute atomic E-state index is 0.124. The molecule has 0 saturated carbocycles. The van der Waals surface area contributed by atoms with Crippen molar-refractivity contribution >= 4 is 11.7 Å². The summed E-state index contributed by atoms with van der Waals surface area (Å²) in [4.78, 5) is 33.3. The van der Waals surface area contributed by atoms with Crippen LogP contribution < -0.4 is 15.8 Å². The monoisotopic (exact) mass is 326 g/mol. The van der Waals surface area contributed by atoms with E-state index in [9.17, 15) is 9.59 Å². The van der Waals surface area contributed by atoms with Crippen LogP contribution in [0.4, 0.5) is 5.82 Å². The lowest BCUT2D eigenvalue weighted by Crippen LogP contribution is -2.30. The molecule has 1 aliphatic rings. The Kier molecular flexibility index (Phi) is 4.93. The number of aromatic nitrogens is 2. The van der Waals surface area contributed by atoms with Gasteiger partial charge in [-0.05, 0) is 49.9 Å². The number of carbonyl (C=O) groups is 1. The molecule has 1 aliphatic heterocycles. The van der Waals surface area contributed by atoms with Crippen molar-refractivity contribution in [3.63, 3.8) is 0 Å². The second kappa shape index (κ2) is 7.29. The number of aromatic amines is 1. The van der Waals surface area contributed by atoms with Crippen LogP contribution in [0, 0.1) is 6.92 Å². The fourth-order valence-corrected chi connectivity index (χ4v) is 2.86. The second-order valence-corrected chi connectivity index (χ2v) is 6.14. The number of hydrogen-bond donors (Lipinski definition) is 2. The number of rotatable bonds is 4. The maximum Gasteiger partial charge on any atom is 0.260 e. The van der Waals surface area contributed by atoms with E-state index in [-0.39, 0.29) is 17.0 Å². The third-order valence-electron chi connectivity index (χ3n) is 4.24. The van der Waals surface area contributed by atoms with E-state index in [1.54, 1.807) is 25.3 Å². The van der Waals surface area contributed by atoms with Crippen molar-refractivity contribution in [1.29, 1.82) is 0 Å². The summed E-state index contributed by atoms with van der Waals surface area (Å²) in [6.45, 7) is 4.23. The maximum absolute atomic E-state index is 12.1. The van der Waals surface area contributed by atoms with E-state index in [2.05, 4.69) is 20.2 Å². The molecule has 0 aliphatic carbocycles. The average Bonchev–Trinajstić information content (AvgIpc) is 2.61. The second-order valence-electron chi connectivity index (χ2n) is 6.14. The predicted molar refractivity (Wildman–Crippen MR) is 93.3 cm³/mol. The molecule has 1 amide bonds. The van der Waals surface area contributed by atoms with Crippen molar-refractivity contribution in [3.05, 3.63) is 57.6 Å². The fraction of sp³-hybridized carbons (Fsp3) is 0.389. The highest BCUT2D eigenvalue weighted by atomic mass is 16.2. The third kappa shape index (κ3) is 3.82. The number of nitrogens with one attached hydrogen (secondary N) is 2. The number of H-pyrrole nitrogens is 1. The molecule has 2 aromatic rings. The topological polar surface area (TPSA) is 78.1 Å². The smallest absolute Gasteiger partial charge is 0.260 e. The molecule has 0 unspecified atom stereocenters. The van der Waals surface area contributed by atoms with Crippen LogP contribution in [0.2, 0.25) is 0 Å². The van der Waals surface area contributed by atoms with Gasteiger partial charge in [-0.3, -0.25) is 9.59 Å². The Morgan fingerprint density at radius 2 is 2.00 bits per heavy atom. The first-order valence-corrected chi connectivity index (χ1v) is 8.31. The standard InChI is InChI=1S/C18H22N4O2/c1-13-5-7-15(18(24)21-13)17(23)20-12-14-6-8-16(19-11-14)22-9-3-2-4-10-22/h5-8,11H,2-4,9-10,12H2,1H3,(H,20,23)(H,21,24). The van der Waals surface area contributed by atoms with Crippen molar-refractivity contribution in [2.24, 2.45) is 0 Å². The quantitative estimate of drug-likeness (QED) is 0.901. The number of carbonyl (C=O) groups excluding carboxylic acids is 1. The zero-order valence-corrected chi connectivity index (χ0v) is 13.8. The summed E-state index contributed by atoms with van der Waals surface area (Å²) >= 11 is 0. The Bertz CT molecular complexity index is 761. The normalized spacial score (nSPS) is 14.5.